The number of aromatic nitrogens is 7. The Labute approximate surface area is 170 Å². The average Bonchev–Trinajstić information content (AvgIpc) is 3.43. The third-order valence-electron chi connectivity index (χ3n) is 5.09. The Morgan fingerprint density at radius 2 is 1.40 bits per heavy atom. The molecule has 0 aromatic carbocycles. The quantitative estimate of drug-likeness (QED) is 0.460. The van der Waals surface area contributed by atoms with Crippen molar-refractivity contribution in [2.24, 2.45) is 0 Å². The lowest BCUT2D eigenvalue weighted by atomic mass is 10.1. The molecule has 30 heavy (non-hydrogen) atoms. The van der Waals surface area contributed by atoms with Gasteiger partial charge in [-0.3, -0.25) is 25.0 Å². The number of H-pyrrole nitrogens is 2. The van der Waals surface area contributed by atoms with Crippen molar-refractivity contribution in [1.29, 1.82) is 0 Å². The Morgan fingerprint density at radius 1 is 0.600 bits per heavy atom. The Morgan fingerprint density at radius 3 is 2.20 bits per heavy atom. The number of hydrogen-bond acceptors (Lipinski definition) is 5. The van der Waals surface area contributed by atoms with Crippen molar-refractivity contribution in [2.45, 2.75) is 0 Å². The minimum Gasteiger partial charge on any atom is -0.353 e. The number of nitrogens with zero attached hydrogens (tertiary/aromatic N) is 5. The van der Waals surface area contributed by atoms with Gasteiger partial charge in [0.25, 0.3) is 0 Å². The second kappa shape index (κ2) is 6.59. The number of fused-ring (bicyclic) bond motifs is 2. The topological polar surface area (TPSA) is 96.0 Å². The standard InChI is InChI=1S/C23H15N7/c1-3-8-24-17(5-1)19-11-15-21(13-27-19)29-30-23(15)20-12-14-16(28-20)7-10-26-22(14)18-6-2-4-9-25-18/h1-13,28H,(H,29,30). The van der Waals surface area contributed by atoms with Crippen LogP contribution < -0.4 is 0 Å². The maximum atomic E-state index is 4.56. The van der Waals surface area contributed by atoms with Crippen molar-refractivity contribution in [2.75, 3.05) is 0 Å². The molecule has 0 aliphatic heterocycles. The van der Waals surface area contributed by atoms with Gasteiger partial charge in [-0.25, -0.2) is 0 Å². The SMILES string of the molecule is c1ccc(-c2cc3c(-c4cc5c(-c6ccccn6)nccc5[nH]4)n[nH]c3cn2)nc1. The molecule has 6 rings (SSSR count). The highest BCUT2D eigenvalue weighted by atomic mass is 15.1. The van der Waals surface area contributed by atoms with Crippen molar-refractivity contribution in [3.63, 3.8) is 0 Å². The molecule has 0 radical (unpaired) electrons. The summed E-state index contributed by atoms with van der Waals surface area (Å²) in [5, 5.41) is 9.60. The Balaban J connectivity index is 1.52. The van der Waals surface area contributed by atoms with Crippen molar-refractivity contribution >= 4 is 21.8 Å². The zero-order valence-electron chi connectivity index (χ0n) is 15.7. The van der Waals surface area contributed by atoms with Gasteiger partial charge in [0.1, 0.15) is 5.69 Å². The number of rotatable bonds is 3. The van der Waals surface area contributed by atoms with E-state index in [1.165, 1.54) is 0 Å². The molecular weight excluding hydrogens is 374 g/mol. The van der Waals surface area contributed by atoms with Crippen molar-refractivity contribution in [1.82, 2.24) is 35.1 Å². The van der Waals surface area contributed by atoms with Crippen molar-refractivity contribution in [3.8, 4) is 34.2 Å². The molecule has 0 fully saturated rings. The van der Waals surface area contributed by atoms with E-state index in [0.29, 0.717) is 0 Å². The number of nitrogens with one attached hydrogen (secondary N) is 2. The first-order valence-electron chi connectivity index (χ1n) is 9.52. The first-order valence-corrected chi connectivity index (χ1v) is 9.52. The second-order valence-electron chi connectivity index (χ2n) is 6.92. The van der Waals surface area contributed by atoms with Gasteiger partial charge in [0, 0.05) is 34.9 Å². The van der Waals surface area contributed by atoms with Crippen LogP contribution in [0.15, 0.2) is 79.4 Å². The summed E-state index contributed by atoms with van der Waals surface area (Å²) in [6, 6.07) is 17.7. The molecule has 7 heteroatoms. The normalized spacial score (nSPS) is 11.3. The molecule has 6 heterocycles. The molecule has 2 N–H and O–H groups in total. The van der Waals surface area contributed by atoms with Crippen LogP contribution in [0, 0.1) is 0 Å². The highest BCUT2D eigenvalue weighted by Crippen LogP contribution is 2.33. The maximum absolute atomic E-state index is 4.56. The van der Waals surface area contributed by atoms with E-state index in [1.54, 1.807) is 24.8 Å². The third kappa shape index (κ3) is 2.64. The van der Waals surface area contributed by atoms with Crippen LogP contribution in [0.3, 0.4) is 0 Å². The van der Waals surface area contributed by atoms with Gasteiger partial charge in [-0.2, -0.15) is 5.10 Å². The Hall–Kier alpha value is -4.39. The largest absolute Gasteiger partial charge is 0.353 e. The number of pyridine rings is 4. The molecule has 0 spiro atoms. The van der Waals surface area contributed by atoms with E-state index < -0.39 is 0 Å². The van der Waals surface area contributed by atoms with Crippen LogP contribution in [0.5, 0.6) is 0 Å². The molecule has 6 aromatic rings. The molecule has 6 aromatic heterocycles. The Kier molecular flexibility index (Phi) is 3.64. The minimum absolute atomic E-state index is 0.803. The molecule has 0 aliphatic rings. The molecule has 0 unspecified atom stereocenters. The summed E-state index contributed by atoms with van der Waals surface area (Å²) in [5.74, 6) is 0. The smallest absolute Gasteiger partial charge is 0.116 e. The van der Waals surface area contributed by atoms with Gasteiger partial charge in [-0.1, -0.05) is 12.1 Å². The summed E-state index contributed by atoms with van der Waals surface area (Å²) < 4.78 is 0. The summed E-state index contributed by atoms with van der Waals surface area (Å²) >= 11 is 0. The summed E-state index contributed by atoms with van der Waals surface area (Å²) in [5.41, 5.74) is 6.88. The van der Waals surface area contributed by atoms with Gasteiger partial charge < -0.3 is 4.98 Å². The van der Waals surface area contributed by atoms with E-state index in [0.717, 1.165) is 56.0 Å². The summed E-state index contributed by atoms with van der Waals surface area (Å²) in [6.07, 6.45) is 7.12. The van der Waals surface area contributed by atoms with Gasteiger partial charge in [-0.05, 0) is 42.5 Å². The molecule has 0 aliphatic carbocycles. The highest BCUT2D eigenvalue weighted by molar-refractivity contribution is 5.99. The fourth-order valence-corrected chi connectivity index (χ4v) is 3.66. The second-order valence-corrected chi connectivity index (χ2v) is 6.92. The minimum atomic E-state index is 0.803. The van der Waals surface area contributed by atoms with Gasteiger partial charge in [0.15, 0.2) is 0 Å². The molecule has 0 saturated heterocycles. The predicted molar refractivity (Wildman–Crippen MR) is 115 cm³/mol. The zero-order valence-corrected chi connectivity index (χ0v) is 15.7. The molecule has 0 bridgehead atoms. The van der Waals surface area contributed by atoms with Crippen molar-refractivity contribution < 1.29 is 0 Å². The summed E-state index contributed by atoms with van der Waals surface area (Å²) in [6.45, 7) is 0. The van der Waals surface area contributed by atoms with E-state index in [4.69, 9.17) is 0 Å². The number of hydrogen-bond donors (Lipinski definition) is 2. The molecule has 142 valence electrons. The van der Waals surface area contributed by atoms with E-state index in [2.05, 4.69) is 41.2 Å². The molecular formula is C23H15N7. The van der Waals surface area contributed by atoms with E-state index in [-0.39, 0.29) is 0 Å². The first-order chi connectivity index (χ1) is 14.9. The highest BCUT2D eigenvalue weighted by Gasteiger charge is 2.15. The lowest BCUT2D eigenvalue weighted by Crippen LogP contribution is -1.86. The Bertz CT molecular complexity index is 1480. The molecule has 0 atom stereocenters. The fraction of sp³-hybridized carbons (Fsp3) is 0. The fourth-order valence-electron chi connectivity index (χ4n) is 3.66. The van der Waals surface area contributed by atoms with Crippen LogP contribution in [0.1, 0.15) is 0 Å². The van der Waals surface area contributed by atoms with E-state index in [1.807, 2.05) is 48.5 Å². The van der Waals surface area contributed by atoms with Crippen molar-refractivity contribution in [3.05, 3.63) is 79.4 Å². The van der Waals surface area contributed by atoms with Crippen LogP contribution in [0.2, 0.25) is 0 Å². The van der Waals surface area contributed by atoms with Gasteiger partial charge in [-0.15, -0.1) is 0 Å². The molecule has 0 amide bonds. The van der Waals surface area contributed by atoms with Gasteiger partial charge in [0.05, 0.1) is 40.2 Å². The lowest BCUT2D eigenvalue weighted by Gasteiger charge is -2.00. The maximum Gasteiger partial charge on any atom is 0.116 e. The van der Waals surface area contributed by atoms with Crippen LogP contribution in [-0.2, 0) is 0 Å². The van der Waals surface area contributed by atoms with E-state index >= 15 is 0 Å². The summed E-state index contributed by atoms with van der Waals surface area (Å²) in [7, 11) is 0. The van der Waals surface area contributed by atoms with Gasteiger partial charge in [0.2, 0.25) is 0 Å². The average molecular weight is 389 g/mol. The third-order valence-corrected chi connectivity index (χ3v) is 5.09. The molecule has 7 nitrogen and oxygen atoms in total. The molecule has 0 saturated carbocycles. The van der Waals surface area contributed by atoms with Crippen LogP contribution in [0.25, 0.3) is 56.0 Å². The van der Waals surface area contributed by atoms with Crippen LogP contribution >= 0.6 is 0 Å². The zero-order chi connectivity index (χ0) is 19.9. The predicted octanol–water partition coefficient (Wildman–Crippen LogP) is 4.63. The number of aromatic amines is 2. The summed E-state index contributed by atoms with van der Waals surface area (Å²) in [4.78, 5) is 21.4. The monoisotopic (exact) mass is 389 g/mol. The lowest BCUT2D eigenvalue weighted by molar-refractivity contribution is 1.11. The van der Waals surface area contributed by atoms with Crippen LogP contribution in [0.4, 0.5) is 0 Å². The van der Waals surface area contributed by atoms with E-state index in [9.17, 15) is 0 Å². The van der Waals surface area contributed by atoms with Gasteiger partial charge >= 0.3 is 0 Å². The first kappa shape index (κ1) is 16.6. The van der Waals surface area contributed by atoms with Crippen LogP contribution in [-0.4, -0.2) is 35.1 Å².